The Morgan fingerprint density at radius 2 is 2.33 bits per heavy atom. The van der Waals surface area contributed by atoms with Crippen molar-refractivity contribution in [2.45, 2.75) is 25.8 Å². The van der Waals surface area contributed by atoms with Crippen LogP contribution in [0.4, 0.5) is 5.69 Å². The first-order valence-electron chi connectivity index (χ1n) is 6.01. The van der Waals surface area contributed by atoms with Crippen LogP contribution in [0.15, 0.2) is 12.1 Å². The average Bonchev–Trinajstić information content (AvgIpc) is 2.82. The Balaban J connectivity index is 2.48. The van der Waals surface area contributed by atoms with Crippen LogP contribution in [-0.2, 0) is 4.79 Å². The summed E-state index contributed by atoms with van der Waals surface area (Å²) in [5.74, 6) is 0.508. The summed E-state index contributed by atoms with van der Waals surface area (Å²) in [5.41, 5.74) is 1.60. The third-order valence-corrected chi connectivity index (χ3v) is 3.41. The van der Waals surface area contributed by atoms with Gasteiger partial charge in [-0.25, -0.2) is 0 Å². The van der Waals surface area contributed by atoms with Gasteiger partial charge < -0.3 is 15.4 Å². The molecule has 1 saturated heterocycles. The summed E-state index contributed by atoms with van der Waals surface area (Å²) in [4.78, 5) is 11.3. The van der Waals surface area contributed by atoms with Crippen molar-refractivity contribution in [2.75, 3.05) is 19.0 Å². The molecule has 1 aromatic carbocycles. The number of halogens is 1. The van der Waals surface area contributed by atoms with Gasteiger partial charge in [0, 0.05) is 23.6 Å². The van der Waals surface area contributed by atoms with Crippen molar-refractivity contribution in [1.82, 2.24) is 5.32 Å². The van der Waals surface area contributed by atoms with Crippen molar-refractivity contribution in [1.29, 1.82) is 0 Å². The summed E-state index contributed by atoms with van der Waals surface area (Å²) < 4.78 is 5.30. The molecule has 0 spiro atoms. The third-order valence-electron chi connectivity index (χ3n) is 3.08. The van der Waals surface area contributed by atoms with Crippen molar-refractivity contribution in [3.8, 4) is 5.75 Å². The predicted octanol–water partition coefficient (Wildman–Crippen LogP) is 2.73. The Kier molecular flexibility index (Phi) is 4.09. The van der Waals surface area contributed by atoms with Gasteiger partial charge in [0.15, 0.2) is 0 Å². The molecule has 1 fully saturated rings. The molecule has 1 aliphatic heterocycles. The first-order chi connectivity index (χ1) is 8.63. The van der Waals surface area contributed by atoms with Gasteiger partial charge >= 0.3 is 0 Å². The van der Waals surface area contributed by atoms with Gasteiger partial charge in [-0.3, -0.25) is 4.79 Å². The second-order valence-corrected chi connectivity index (χ2v) is 4.78. The lowest BCUT2D eigenvalue weighted by Gasteiger charge is -2.20. The number of carbonyl (C=O) groups is 1. The topological polar surface area (TPSA) is 50.4 Å². The zero-order valence-corrected chi connectivity index (χ0v) is 11.3. The van der Waals surface area contributed by atoms with Gasteiger partial charge in [0.2, 0.25) is 5.91 Å². The van der Waals surface area contributed by atoms with Gasteiger partial charge in [-0.05, 0) is 31.5 Å². The first kappa shape index (κ1) is 13.2. The van der Waals surface area contributed by atoms with Crippen LogP contribution in [0.3, 0.4) is 0 Å². The van der Waals surface area contributed by atoms with E-state index in [1.165, 1.54) is 6.92 Å². The lowest BCUT2D eigenvalue weighted by Crippen LogP contribution is -2.17. The summed E-state index contributed by atoms with van der Waals surface area (Å²) in [6.07, 6.45) is 2.12. The van der Waals surface area contributed by atoms with Crippen molar-refractivity contribution in [2.24, 2.45) is 0 Å². The van der Waals surface area contributed by atoms with Crippen LogP contribution in [0.1, 0.15) is 31.4 Å². The van der Waals surface area contributed by atoms with Crippen LogP contribution in [0, 0.1) is 0 Å². The number of benzene rings is 1. The largest absolute Gasteiger partial charge is 0.495 e. The van der Waals surface area contributed by atoms with Crippen LogP contribution in [-0.4, -0.2) is 19.6 Å². The molecular formula is C13H17ClN2O2. The molecule has 98 valence electrons. The standard InChI is InChI=1S/C13H17ClN2O2/c1-8(17)16-13-11(18-2)6-5-9(14)12(13)10-4-3-7-15-10/h5-6,10,15H,3-4,7H2,1-2H3,(H,16,17). The van der Waals surface area contributed by atoms with Crippen molar-refractivity contribution in [3.63, 3.8) is 0 Å². The van der Waals surface area contributed by atoms with Crippen molar-refractivity contribution < 1.29 is 9.53 Å². The van der Waals surface area contributed by atoms with Gasteiger partial charge in [0.05, 0.1) is 12.8 Å². The van der Waals surface area contributed by atoms with Gasteiger partial charge in [0.25, 0.3) is 0 Å². The second-order valence-electron chi connectivity index (χ2n) is 4.37. The van der Waals surface area contributed by atoms with Gasteiger partial charge in [-0.15, -0.1) is 0 Å². The molecular weight excluding hydrogens is 252 g/mol. The number of rotatable bonds is 3. The number of methoxy groups -OCH3 is 1. The SMILES string of the molecule is COc1ccc(Cl)c(C2CCCN2)c1NC(C)=O. The molecule has 1 aliphatic rings. The molecule has 4 nitrogen and oxygen atoms in total. The number of carbonyl (C=O) groups excluding carboxylic acids is 1. The Labute approximate surface area is 112 Å². The fraction of sp³-hybridized carbons (Fsp3) is 0.462. The highest BCUT2D eigenvalue weighted by Gasteiger charge is 2.24. The quantitative estimate of drug-likeness (QED) is 0.886. The minimum atomic E-state index is -0.130. The maximum absolute atomic E-state index is 11.3. The molecule has 2 N–H and O–H groups in total. The molecule has 0 aliphatic carbocycles. The minimum Gasteiger partial charge on any atom is -0.495 e. The number of hydrogen-bond donors (Lipinski definition) is 2. The van der Waals surface area contributed by atoms with E-state index in [-0.39, 0.29) is 11.9 Å². The highest BCUT2D eigenvalue weighted by Crippen LogP contribution is 2.40. The Morgan fingerprint density at radius 3 is 2.89 bits per heavy atom. The monoisotopic (exact) mass is 268 g/mol. The maximum atomic E-state index is 11.3. The molecule has 18 heavy (non-hydrogen) atoms. The van der Waals surface area contributed by atoms with E-state index in [0.29, 0.717) is 16.5 Å². The molecule has 2 rings (SSSR count). The Hall–Kier alpha value is -1.26. The van der Waals surface area contributed by atoms with Crippen LogP contribution < -0.4 is 15.4 Å². The van der Waals surface area contributed by atoms with E-state index in [1.807, 2.05) is 0 Å². The van der Waals surface area contributed by atoms with Gasteiger partial charge in [-0.1, -0.05) is 11.6 Å². The normalized spacial score (nSPS) is 18.7. The highest BCUT2D eigenvalue weighted by atomic mass is 35.5. The third kappa shape index (κ3) is 2.60. The summed E-state index contributed by atoms with van der Waals surface area (Å²) in [5, 5.41) is 6.86. The zero-order chi connectivity index (χ0) is 13.1. The number of amides is 1. The van der Waals surface area contributed by atoms with Crippen molar-refractivity contribution in [3.05, 3.63) is 22.7 Å². The molecule has 1 amide bonds. The fourth-order valence-electron chi connectivity index (χ4n) is 2.32. The Morgan fingerprint density at radius 1 is 1.56 bits per heavy atom. The lowest BCUT2D eigenvalue weighted by atomic mass is 10.0. The molecule has 0 radical (unpaired) electrons. The molecule has 1 unspecified atom stereocenters. The molecule has 5 heteroatoms. The van der Waals surface area contributed by atoms with E-state index in [9.17, 15) is 4.79 Å². The maximum Gasteiger partial charge on any atom is 0.221 e. The number of anilines is 1. The molecule has 0 bridgehead atoms. The van der Waals surface area contributed by atoms with Crippen molar-refractivity contribution >= 4 is 23.2 Å². The molecule has 1 heterocycles. The summed E-state index contributed by atoms with van der Waals surface area (Å²) in [7, 11) is 1.58. The predicted molar refractivity (Wildman–Crippen MR) is 72.3 cm³/mol. The van der Waals surface area contributed by atoms with Gasteiger partial charge in [-0.2, -0.15) is 0 Å². The van der Waals surface area contributed by atoms with E-state index in [1.54, 1.807) is 19.2 Å². The number of nitrogens with one attached hydrogen (secondary N) is 2. The number of hydrogen-bond acceptors (Lipinski definition) is 3. The van der Waals surface area contributed by atoms with Gasteiger partial charge in [0.1, 0.15) is 5.75 Å². The first-order valence-corrected chi connectivity index (χ1v) is 6.38. The van der Waals surface area contributed by atoms with E-state index in [0.717, 1.165) is 24.9 Å². The van der Waals surface area contributed by atoms with E-state index < -0.39 is 0 Å². The summed E-state index contributed by atoms with van der Waals surface area (Å²) in [6.45, 7) is 2.45. The number of ether oxygens (including phenoxy) is 1. The average molecular weight is 269 g/mol. The summed E-state index contributed by atoms with van der Waals surface area (Å²) in [6, 6.07) is 3.75. The zero-order valence-electron chi connectivity index (χ0n) is 10.5. The highest BCUT2D eigenvalue weighted by molar-refractivity contribution is 6.32. The molecule has 1 atom stereocenters. The molecule has 0 saturated carbocycles. The van der Waals surface area contributed by atoms with Crippen LogP contribution >= 0.6 is 11.6 Å². The molecule has 1 aromatic rings. The van der Waals surface area contributed by atoms with Crippen LogP contribution in [0.25, 0.3) is 0 Å². The Bertz CT molecular complexity index is 457. The minimum absolute atomic E-state index is 0.130. The van der Waals surface area contributed by atoms with E-state index in [2.05, 4.69) is 10.6 Å². The second kappa shape index (κ2) is 5.59. The lowest BCUT2D eigenvalue weighted by molar-refractivity contribution is -0.114. The van der Waals surface area contributed by atoms with E-state index >= 15 is 0 Å². The molecule has 0 aromatic heterocycles. The van der Waals surface area contributed by atoms with E-state index in [4.69, 9.17) is 16.3 Å². The fourth-order valence-corrected chi connectivity index (χ4v) is 2.61. The summed E-state index contributed by atoms with van der Waals surface area (Å²) >= 11 is 6.27. The van der Waals surface area contributed by atoms with Crippen LogP contribution in [0.5, 0.6) is 5.75 Å². The van der Waals surface area contributed by atoms with Crippen LogP contribution in [0.2, 0.25) is 5.02 Å². The smallest absolute Gasteiger partial charge is 0.221 e.